The number of hydrogen-bond donors (Lipinski definition) is 0. The summed E-state index contributed by atoms with van der Waals surface area (Å²) >= 11 is 0. The fourth-order valence-electron chi connectivity index (χ4n) is 8.61. The molecule has 236 valence electrons. The van der Waals surface area contributed by atoms with Crippen molar-refractivity contribution in [2.45, 2.75) is 19.3 Å². The van der Waals surface area contributed by atoms with Crippen molar-refractivity contribution >= 4 is 32.6 Å². The monoisotopic (exact) mass is 637 g/mol. The molecule has 9 aromatic rings. The van der Waals surface area contributed by atoms with E-state index >= 15 is 0 Å². The van der Waals surface area contributed by atoms with Gasteiger partial charge in [-0.15, -0.1) is 0 Å². The maximum atomic E-state index is 2.46. The summed E-state index contributed by atoms with van der Waals surface area (Å²) in [6.45, 7) is 4.81. The molecule has 0 fully saturated rings. The second-order valence-corrected chi connectivity index (χ2v) is 14.1. The van der Waals surface area contributed by atoms with Crippen LogP contribution < -0.4 is 0 Å². The molecule has 0 N–H and O–H groups in total. The van der Waals surface area contributed by atoms with Gasteiger partial charge in [-0.25, -0.2) is 0 Å². The number of hydrogen-bond acceptors (Lipinski definition) is 0. The average molecular weight is 638 g/mol. The summed E-state index contributed by atoms with van der Waals surface area (Å²) in [5.74, 6) is 0. The summed E-state index contributed by atoms with van der Waals surface area (Å²) in [5.41, 5.74) is 16.4. The number of benzene rings is 8. The average Bonchev–Trinajstić information content (AvgIpc) is 3.63. The van der Waals surface area contributed by atoms with Crippen LogP contribution in [-0.2, 0) is 5.41 Å². The lowest BCUT2D eigenvalue weighted by molar-refractivity contribution is 0.667. The maximum absolute atomic E-state index is 2.46. The van der Waals surface area contributed by atoms with E-state index in [1.54, 1.807) is 0 Å². The van der Waals surface area contributed by atoms with E-state index in [1.807, 2.05) is 0 Å². The molecule has 0 radical (unpaired) electrons. The van der Waals surface area contributed by atoms with Crippen LogP contribution in [0.4, 0.5) is 0 Å². The molecule has 0 atom stereocenters. The molecule has 8 aromatic carbocycles. The van der Waals surface area contributed by atoms with Crippen LogP contribution in [-0.4, -0.2) is 4.57 Å². The van der Waals surface area contributed by atoms with Crippen LogP contribution in [0.5, 0.6) is 0 Å². The lowest BCUT2D eigenvalue weighted by Crippen LogP contribution is -2.15. The van der Waals surface area contributed by atoms with Crippen molar-refractivity contribution in [2.24, 2.45) is 0 Å². The smallest absolute Gasteiger partial charge is 0.0544 e. The van der Waals surface area contributed by atoms with Gasteiger partial charge in [0, 0.05) is 21.9 Å². The van der Waals surface area contributed by atoms with Crippen molar-refractivity contribution in [1.29, 1.82) is 0 Å². The Hall–Kier alpha value is -6.18. The molecule has 0 bridgehead atoms. The van der Waals surface area contributed by atoms with E-state index in [2.05, 4.69) is 194 Å². The molecule has 0 amide bonds. The molecule has 0 saturated carbocycles. The van der Waals surface area contributed by atoms with Crippen molar-refractivity contribution in [3.8, 4) is 50.2 Å². The van der Waals surface area contributed by atoms with Gasteiger partial charge < -0.3 is 4.57 Å². The normalized spacial score (nSPS) is 13.2. The van der Waals surface area contributed by atoms with Gasteiger partial charge in [-0.05, 0) is 109 Å². The van der Waals surface area contributed by atoms with E-state index in [1.165, 1.54) is 93.9 Å². The number of rotatable bonds is 4. The molecule has 1 aliphatic carbocycles. The Morgan fingerprint density at radius 1 is 0.420 bits per heavy atom. The summed E-state index contributed by atoms with van der Waals surface area (Å²) in [6.07, 6.45) is 0. The first-order chi connectivity index (χ1) is 24.6. The predicted molar refractivity (Wildman–Crippen MR) is 212 cm³/mol. The lowest BCUT2D eigenvalue weighted by Gasteiger charge is -2.23. The van der Waals surface area contributed by atoms with Crippen molar-refractivity contribution < 1.29 is 0 Å². The highest BCUT2D eigenvalue weighted by molar-refractivity contribution is 6.16. The Bertz CT molecular complexity index is 2690. The van der Waals surface area contributed by atoms with Crippen molar-refractivity contribution in [3.05, 3.63) is 187 Å². The number of fused-ring (bicyclic) bond motifs is 9. The van der Waals surface area contributed by atoms with Crippen LogP contribution in [0.25, 0.3) is 82.8 Å². The van der Waals surface area contributed by atoms with Gasteiger partial charge in [-0.3, -0.25) is 0 Å². The summed E-state index contributed by atoms with van der Waals surface area (Å²) in [6, 6.07) is 64.6. The minimum absolute atomic E-state index is 0.132. The van der Waals surface area contributed by atoms with Crippen LogP contribution in [0.15, 0.2) is 176 Å². The summed E-state index contributed by atoms with van der Waals surface area (Å²) < 4.78 is 2.46. The van der Waals surface area contributed by atoms with Gasteiger partial charge in [0.25, 0.3) is 0 Å². The minimum atomic E-state index is -0.132. The van der Waals surface area contributed by atoms with Gasteiger partial charge in [0.05, 0.1) is 11.0 Å². The first-order valence-corrected chi connectivity index (χ1v) is 17.5. The Labute approximate surface area is 292 Å². The van der Waals surface area contributed by atoms with E-state index in [9.17, 15) is 0 Å². The Kier molecular flexibility index (Phi) is 6.29. The number of nitrogens with zero attached hydrogens (tertiary/aromatic N) is 1. The first-order valence-electron chi connectivity index (χ1n) is 17.5. The third-order valence-corrected chi connectivity index (χ3v) is 10.9. The van der Waals surface area contributed by atoms with Gasteiger partial charge in [-0.2, -0.15) is 0 Å². The second-order valence-electron chi connectivity index (χ2n) is 14.1. The SMILES string of the molecule is CC1(C)c2ccc3ccccc3c2-c2ccc3c(c21)c1ccccc1n3-c1ccc(-c2cc(-c3ccccc3)cc(-c3ccccc3)c2)cc1. The van der Waals surface area contributed by atoms with Crippen LogP contribution in [0.1, 0.15) is 25.0 Å². The van der Waals surface area contributed by atoms with Crippen LogP contribution in [0.2, 0.25) is 0 Å². The molecule has 1 aliphatic rings. The standard InChI is InChI=1S/C49H35N/c1-49(2)43-27-23-35-17-9-10-18-40(35)46(43)42-26-28-45-47(48(42)49)41-19-11-12-20-44(41)50(45)39-24-21-34(22-25-39)38-30-36(32-13-5-3-6-14-32)29-37(31-38)33-15-7-4-8-16-33/h3-31H,1-2H3. The fourth-order valence-corrected chi connectivity index (χ4v) is 8.61. The predicted octanol–water partition coefficient (Wildman–Crippen LogP) is 13.2. The largest absolute Gasteiger partial charge is 0.309 e. The van der Waals surface area contributed by atoms with Crippen molar-refractivity contribution in [1.82, 2.24) is 4.57 Å². The highest BCUT2D eigenvalue weighted by Crippen LogP contribution is 2.55. The molecule has 0 unspecified atom stereocenters. The molecule has 10 rings (SSSR count). The van der Waals surface area contributed by atoms with Gasteiger partial charge in [0.1, 0.15) is 0 Å². The number of aromatic nitrogens is 1. The van der Waals surface area contributed by atoms with Crippen LogP contribution in [0.3, 0.4) is 0 Å². The van der Waals surface area contributed by atoms with Gasteiger partial charge in [0.2, 0.25) is 0 Å². The van der Waals surface area contributed by atoms with E-state index in [0.717, 1.165) is 0 Å². The van der Waals surface area contributed by atoms with Crippen molar-refractivity contribution in [3.63, 3.8) is 0 Å². The zero-order valence-electron chi connectivity index (χ0n) is 28.2. The molecule has 0 saturated heterocycles. The summed E-state index contributed by atoms with van der Waals surface area (Å²) in [4.78, 5) is 0. The molecule has 1 heteroatoms. The highest BCUT2D eigenvalue weighted by Gasteiger charge is 2.39. The van der Waals surface area contributed by atoms with E-state index in [0.29, 0.717) is 0 Å². The maximum Gasteiger partial charge on any atom is 0.0544 e. The zero-order chi connectivity index (χ0) is 33.4. The van der Waals surface area contributed by atoms with Gasteiger partial charge >= 0.3 is 0 Å². The first kappa shape index (κ1) is 28.8. The topological polar surface area (TPSA) is 4.93 Å². The quantitative estimate of drug-likeness (QED) is 0.181. The molecule has 1 heterocycles. The molecule has 0 spiro atoms. The number of para-hydroxylation sites is 1. The summed E-state index contributed by atoms with van der Waals surface area (Å²) in [7, 11) is 0. The molecule has 50 heavy (non-hydrogen) atoms. The van der Waals surface area contributed by atoms with E-state index < -0.39 is 0 Å². The molecular formula is C49H35N. The summed E-state index contributed by atoms with van der Waals surface area (Å²) in [5, 5.41) is 5.29. The second kappa shape index (κ2) is 10.9. The molecular weight excluding hydrogens is 603 g/mol. The molecule has 1 nitrogen and oxygen atoms in total. The minimum Gasteiger partial charge on any atom is -0.309 e. The lowest BCUT2D eigenvalue weighted by atomic mass is 9.80. The highest BCUT2D eigenvalue weighted by atomic mass is 15.0. The Morgan fingerprint density at radius 2 is 0.980 bits per heavy atom. The Morgan fingerprint density at radius 3 is 1.64 bits per heavy atom. The van der Waals surface area contributed by atoms with Gasteiger partial charge in [0.15, 0.2) is 0 Å². The third-order valence-electron chi connectivity index (χ3n) is 10.9. The zero-order valence-corrected chi connectivity index (χ0v) is 28.2. The third kappa shape index (κ3) is 4.27. The van der Waals surface area contributed by atoms with Crippen LogP contribution >= 0.6 is 0 Å². The van der Waals surface area contributed by atoms with E-state index in [4.69, 9.17) is 0 Å². The van der Waals surface area contributed by atoms with E-state index in [-0.39, 0.29) is 5.41 Å². The fraction of sp³-hybridized carbons (Fsp3) is 0.0612. The molecule has 0 aliphatic heterocycles. The Balaban J connectivity index is 1.15. The van der Waals surface area contributed by atoms with Crippen molar-refractivity contribution in [2.75, 3.05) is 0 Å². The van der Waals surface area contributed by atoms with Crippen LogP contribution in [0, 0.1) is 0 Å². The van der Waals surface area contributed by atoms with Gasteiger partial charge in [-0.1, -0.05) is 147 Å². The molecule has 1 aromatic heterocycles.